The lowest BCUT2D eigenvalue weighted by molar-refractivity contribution is 0.0177. The highest BCUT2D eigenvalue weighted by atomic mass is 16.6. The van der Waals surface area contributed by atoms with Crippen molar-refractivity contribution in [2.45, 2.75) is 18.2 Å². The molecule has 3 atom stereocenters. The molecule has 9 heavy (non-hydrogen) atoms. The van der Waals surface area contributed by atoms with Gasteiger partial charge in [-0.2, -0.15) is 0 Å². The Hall–Kier alpha value is -0.0551. The van der Waals surface area contributed by atoms with Crippen LogP contribution >= 0.6 is 0 Å². The van der Waals surface area contributed by atoms with Crippen molar-refractivity contribution >= 4 is 7.85 Å². The van der Waals surface area contributed by atoms with Crippen LogP contribution in [0.4, 0.5) is 0 Å². The van der Waals surface area contributed by atoms with Crippen LogP contribution in [0.2, 0.25) is 0 Å². The van der Waals surface area contributed by atoms with Gasteiger partial charge in [0.1, 0.15) is 14.0 Å². The molecule has 1 N–H and O–H groups in total. The molecule has 0 aromatic carbocycles. The van der Waals surface area contributed by atoms with E-state index in [1.807, 2.05) is 0 Å². The smallest absolute Gasteiger partial charge is 0.112 e. The molecule has 0 aromatic rings. The third-order valence-electron chi connectivity index (χ3n) is 1.47. The predicted molar refractivity (Wildman–Crippen MR) is 32.3 cm³/mol. The van der Waals surface area contributed by atoms with E-state index in [1.54, 1.807) is 0 Å². The van der Waals surface area contributed by atoms with Crippen LogP contribution in [0.3, 0.4) is 0 Å². The fourth-order valence-corrected chi connectivity index (χ4v) is 0.822. The first-order valence-electron chi connectivity index (χ1n) is 2.83. The molecule has 0 bridgehead atoms. The van der Waals surface area contributed by atoms with Gasteiger partial charge in [-0.1, -0.05) is 0 Å². The quantitative estimate of drug-likeness (QED) is 0.455. The van der Waals surface area contributed by atoms with Crippen LogP contribution in [0.25, 0.3) is 0 Å². The summed E-state index contributed by atoms with van der Waals surface area (Å²) < 4.78 is 9.71. The largest absolute Gasteiger partial charge is 0.388 e. The van der Waals surface area contributed by atoms with E-state index < -0.39 is 12.1 Å². The Balaban J connectivity index is 2.41. The van der Waals surface area contributed by atoms with Gasteiger partial charge in [-0.15, -0.1) is 0 Å². The fraction of sp³-hybridized carbons (Fsp3) is 1.00. The van der Waals surface area contributed by atoms with Gasteiger partial charge in [-0.25, -0.2) is 0 Å². The highest BCUT2D eigenvalue weighted by Crippen LogP contribution is 2.13. The lowest BCUT2D eigenvalue weighted by Gasteiger charge is -2.11. The minimum atomic E-state index is -0.671. The Labute approximate surface area is 55.4 Å². The number of rotatable bonds is 1. The fourth-order valence-electron chi connectivity index (χ4n) is 0.822. The zero-order chi connectivity index (χ0) is 6.85. The summed E-state index contributed by atoms with van der Waals surface area (Å²) >= 11 is 0. The van der Waals surface area contributed by atoms with Crippen LogP contribution in [-0.4, -0.2) is 44.9 Å². The Bertz CT molecular complexity index is 98.2. The molecule has 2 radical (unpaired) electrons. The third kappa shape index (κ3) is 1.26. The molecule has 1 fully saturated rings. The second-order valence-corrected chi connectivity index (χ2v) is 2.06. The van der Waals surface area contributed by atoms with Crippen LogP contribution in [-0.2, 0) is 9.47 Å². The molecule has 50 valence electrons. The summed E-state index contributed by atoms with van der Waals surface area (Å²) in [5.74, 6) is 0. The Morgan fingerprint density at radius 3 is 2.67 bits per heavy atom. The molecule has 0 spiro atoms. The first-order valence-corrected chi connectivity index (χ1v) is 2.83. The standard InChI is InChI=1S/C5H9BO3/c1-8-3-2-9-5(6)4(3)7/h3-5,7H,2H2,1H3/t3?,4?,5-/m1/s1. The first-order chi connectivity index (χ1) is 4.25. The van der Waals surface area contributed by atoms with Crippen LogP contribution in [0.1, 0.15) is 0 Å². The molecular formula is C5H9BO3. The van der Waals surface area contributed by atoms with E-state index in [2.05, 4.69) is 0 Å². The van der Waals surface area contributed by atoms with Gasteiger partial charge in [-0.3, -0.25) is 0 Å². The number of hydrogen-bond donors (Lipinski definition) is 1. The van der Waals surface area contributed by atoms with E-state index in [4.69, 9.17) is 22.4 Å². The average Bonchev–Trinajstić information content (AvgIpc) is 2.15. The molecule has 1 aliphatic rings. The van der Waals surface area contributed by atoms with Crippen LogP contribution in [0, 0.1) is 0 Å². The highest BCUT2D eigenvalue weighted by molar-refractivity contribution is 6.11. The van der Waals surface area contributed by atoms with Crippen molar-refractivity contribution in [3.8, 4) is 0 Å². The van der Waals surface area contributed by atoms with E-state index in [9.17, 15) is 0 Å². The number of aliphatic hydroxyl groups is 1. The lowest BCUT2D eigenvalue weighted by atomic mass is 9.94. The summed E-state index contributed by atoms with van der Waals surface area (Å²) in [6.07, 6.45) is -0.921. The zero-order valence-electron chi connectivity index (χ0n) is 5.28. The van der Waals surface area contributed by atoms with Crippen molar-refractivity contribution < 1.29 is 14.6 Å². The molecule has 0 saturated carbocycles. The predicted octanol–water partition coefficient (Wildman–Crippen LogP) is -1.11. The van der Waals surface area contributed by atoms with E-state index >= 15 is 0 Å². The molecule has 0 aliphatic carbocycles. The third-order valence-corrected chi connectivity index (χ3v) is 1.47. The maximum atomic E-state index is 9.08. The Morgan fingerprint density at radius 1 is 1.78 bits per heavy atom. The summed E-state index contributed by atoms with van der Waals surface area (Å²) in [7, 11) is 6.82. The van der Waals surface area contributed by atoms with Gasteiger partial charge in [0, 0.05) is 13.1 Å². The van der Waals surface area contributed by atoms with Gasteiger partial charge >= 0.3 is 0 Å². The summed E-state index contributed by atoms with van der Waals surface area (Å²) in [5.41, 5.74) is 0. The monoisotopic (exact) mass is 128 g/mol. The maximum Gasteiger partial charge on any atom is 0.112 e. The number of ether oxygens (including phenoxy) is 2. The molecule has 0 amide bonds. The normalized spacial score (nSPS) is 43.6. The van der Waals surface area contributed by atoms with Gasteiger partial charge in [0.05, 0.1) is 12.7 Å². The summed E-state index contributed by atoms with van der Waals surface area (Å²) in [6, 6.07) is -0.574. The number of hydrogen-bond acceptors (Lipinski definition) is 3. The molecule has 4 heteroatoms. The molecule has 2 unspecified atom stereocenters. The molecule has 1 rings (SSSR count). The molecule has 1 heterocycles. The van der Waals surface area contributed by atoms with Gasteiger partial charge in [0.15, 0.2) is 0 Å². The molecular weight excluding hydrogens is 119 g/mol. The summed E-state index contributed by atoms with van der Waals surface area (Å²) in [6.45, 7) is 0.388. The van der Waals surface area contributed by atoms with Crippen molar-refractivity contribution in [3.63, 3.8) is 0 Å². The Kier molecular flexibility index (Phi) is 2.11. The van der Waals surface area contributed by atoms with Crippen molar-refractivity contribution in [3.05, 3.63) is 0 Å². The van der Waals surface area contributed by atoms with E-state index in [0.29, 0.717) is 6.61 Å². The van der Waals surface area contributed by atoms with Crippen molar-refractivity contribution in [1.29, 1.82) is 0 Å². The van der Waals surface area contributed by atoms with E-state index in [-0.39, 0.29) is 6.10 Å². The van der Waals surface area contributed by atoms with Crippen LogP contribution in [0.15, 0.2) is 0 Å². The van der Waals surface area contributed by atoms with Crippen molar-refractivity contribution in [2.75, 3.05) is 13.7 Å². The van der Waals surface area contributed by atoms with Crippen molar-refractivity contribution in [1.82, 2.24) is 0 Å². The topological polar surface area (TPSA) is 38.7 Å². The van der Waals surface area contributed by atoms with Gasteiger partial charge < -0.3 is 14.6 Å². The number of methoxy groups -OCH3 is 1. The lowest BCUT2D eigenvalue weighted by Crippen LogP contribution is -2.31. The van der Waals surface area contributed by atoms with Crippen LogP contribution in [0.5, 0.6) is 0 Å². The van der Waals surface area contributed by atoms with E-state index in [1.165, 1.54) is 7.11 Å². The SMILES string of the molecule is [B][C@@H]1OCC(OC)C1O. The minimum absolute atomic E-state index is 0.250. The zero-order valence-corrected chi connectivity index (χ0v) is 5.28. The summed E-state index contributed by atoms with van der Waals surface area (Å²) in [5, 5.41) is 9.08. The molecule has 1 aliphatic heterocycles. The molecule has 0 aromatic heterocycles. The first kappa shape index (κ1) is 7.06. The summed E-state index contributed by atoms with van der Waals surface area (Å²) in [4.78, 5) is 0. The minimum Gasteiger partial charge on any atom is -0.388 e. The second-order valence-electron chi connectivity index (χ2n) is 2.06. The van der Waals surface area contributed by atoms with Gasteiger partial charge in [0.25, 0.3) is 0 Å². The molecule has 1 saturated heterocycles. The Morgan fingerprint density at radius 2 is 2.44 bits per heavy atom. The molecule has 3 nitrogen and oxygen atoms in total. The van der Waals surface area contributed by atoms with Crippen LogP contribution < -0.4 is 0 Å². The van der Waals surface area contributed by atoms with E-state index in [0.717, 1.165) is 0 Å². The second kappa shape index (κ2) is 2.69. The highest BCUT2D eigenvalue weighted by Gasteiger charge is 2.31. The van der Waals surface area contributed by atoms with Gasteiger partial charge in [0.2, 0.25) is 0 Å². The average molecular weight is 128 g/mol. The van der Waals surface area contributed by atoms with Gasteiger partial charge in [-0.05, 0) is 0 Å². The number of aliphatic hydroxyl groups excluding tert-OH is 1. The van der Waals surface area contributed by atoms with Crippen molar-refractivity contribution in [2.24, 2.45) is 0 Å². The maximum absolute atomic E-state index is 9.08.